The highest BCUT2D eigenvalue weighted by Gasteiger charge is 2.06. The van der Waals surface area contributed by atoms with E-state index in [2.05, 4.69) is 36.3 Å². The van der Waals surface area contributed by atoms with Crippen LogP contribution in [0, 0.1) is 0 Å². The van der Waals surface area contributed by atoms with Crippen LogP contribution in [0.3, 0.4) is 0 Å². The van der Waals surface area contributed by atoms with E-state index in [4.69, 9.17) is 4.74 Å². The van der Waals surface area contributed by atoms with E-state index in [0.29, 0.717) is 6.61 Å². The van der Waals surface area contributed by atoms with Gasteiger partial charge in [-0.3, -0.25) is 4.98 Å². The third-order valence-corrected chi connectivity index (χ3v) is 2.87. The van der Waals surface area contributed by atoms with E-state index >= 15 is 0 Å². The molecule has 0 radical (unpaired) electrons. The van der Waals surface area contributed by atoms with Crippen molar-refractivity contribution in [3.63, 3.8) is 0 Å². The number of hydrogen-bond donors (Lipinski definition) is 1. The summed E-state index contributed by atoms with van der Waals surface area (Å²) in [7, 11) is 0. The van der Waals surface area contributed by atoms with Gasteiger partial charge in [-0.2, -0.15) is 0 Å². The number of nitrogens with one attached hydrogen (secondary N) is 1. The summed E-state index contributed by atoms with van der Waals surface area (Å²) in [4.78, 5) is 4.64. The summed E-state index contributed by atoms with van der Waals surface area (Å²) in [5.41, 5.74) is 3.28. The lowest BCUT2D eigenvalue weighted by molar-refractivity contribution is 0.340. The van der Waals surface area contributed by atoms with Gasteiger partial charge in [-0.25, -0.2) is 0 Å². The molecule has 0 saturated heterocycles. The molecule has 0 bridgehead atoms. The highest BCUT2D eigenvalue weighted by Crippen LogP contribution is 2.27. The maximum absolute atomic E-state index is 5.55. The highest BCUT2D eigenvalue weighted by molar-refractivity contribution is 5.92. The molecule has 0 amide bonds. The molecule has 0 saturated carbocycles. The van der Waals surface area contributed by atoms with Crippen LogP contribution >= 0.6 is 0 Å². The van der Waals surface area contributed by atoms with Gasteiger partial charge in [0.1, 0.15) is 5.75 Å². The summed E-state index contributed by atoms with van der Waals surface area (Å²) in [5, 5.41) is 4.52. The van der Waals surface area contributed by atoms with Gasteiger partial charge in [0.05, 0.1) is 12.1 Å². The molecule has 1 aromatic heterocycles. The molecule has 0 aliphatic heterocycles. The SMILES string of the molecule is CCNc1cc(CC)nc2ccc(OCC)cc12. The largest absolute Gasteiger partial charge is 0.494 e. The Balaban J connectivity index is 2.55. The predicted molar refractivity (Wildman–Crippen MR) is 76.5 cm³/mol. The zero-order chi connectivity index (χ0) is 13.0. The number of benzene rings is 1. The van der Waals surface area contributed by atoms with Crippen molar-refractivity contribution in [3.8, 4) is 5.75 Å². The fraction of sp³-hybridized carbons (Fsp3) is 0.400. The number of anilines is 1. The van der Waals surface area contributed by atoms with Crippen molar-refractivity contribution < 1.29 is 4.74 Å². The number of hydrogen-bond acceptors (Lipinski definition) is 3. The monoisotopic (exact) mass is 244 g/mol. The van der Waals surface area contributed by atoms with Crippen LogP contribution in [0.15, 0.2) is 24.3 Å². The fourth-order valence-electron chi connectivity index (χ4n) is 2.03. The van der Waals surface area contributed by atoms with Crippen molar-refractivity contribution in [1.29, 1.82) is 0 Å². The van der Waals surface area contributed by atoms with Gasteiger partial charge in [0.25, 0.3) is 0 Å². The first kappa shape index (κ1) is 12.7. The maximum atomic E-state index is 5.55. The van der Waals surface area contributed by atoms with Crippen molar-refractivity contribution >= 4 is 16.6 Å². The first-order valence-corrected chi connectivity index (χ1v) is 6.58. The Hall–Kier alpha value is -1.77. The number of ether oxygens (including phenoxy) is 1. The zero-order valence-corrected chi connectivity index (χ0v) is 11.3. The second kappa shape index (κ2) is 5.71. The van der Waals surface area contributed by atoms with Gasteiger partial charge >= 0.3 is 0 Å². The van der Waals surface area contributed by atoms with Crippen molar-refractivity contribution in [2.45, 2.75) is 27.2 Å². The number of fused-ring (bicyclic) bond motifs is 1. The fourth-order valence-corrected chi connectivity index (χ4v) is 2.03. The summed E-state index contributed by atoms with van der Waals surface area (Å²) in [6, 6.07) is 8.19. The van der Waals surface area contributed by atoms with Gasteiger partial charge < -0.3 is 10.1 Å². The molecule has 0 aliphatic carbocycles. The molecule has 1 heterocycles. The van der Waals surface area contributed by atoms with Crippen LogP contribution < -0.4 is 10.1 Å². The van der Waals surface area contributed by atoms with E-state index in [1.165, 1.54) is 0 Å². The van der Waals surface area contributed by atoms with Gasteiger partial charge in [0.15, 0.2) is 0 Å². The van der Waals surface area contributed by atoms with Gasteiger partial charge in [-0.1, -0.05) is 6.92 Å². The summed E-state index contributed by atoms with van der Waals surface area (Å²) >= 11 is 0. The minimum atomic E-state index is 0.683. The molecule has 3 nitrogen and oxygen atoms in total. The van der Waals surface area contributed by atoms with Gasteiger partial charge in [-0.15, -0.1) is 0 Å². The molecule has 3 heteroatoms. The second-order valence-corrected chi connectivity index (χ2v) is 4.16. The van der Waals surface area contributed by atoms with E-state index in [1.807, 2.05) is 19.1 Å². The van der Waals surface area contributed by atoms with Crippen molar-refractivity contribution in [2.24, 2.45) is 0 Å². The summed E-state index contributed by atoms with van der Waals surface area (Å²) < 4.78 is 5.55. The van der Waals surface area contributed by atoms with E-state index in [-0.39, 0.29) is 0 Å². The molecule has 0 spiro atoms. The van der Waals surface area contributed by atoms with Gasteiger partial charge in [-0.05, 0) is 44.5 Å². The maximum Gasteiger partial charge on any atom is 0.120 e. The standard InChI is InChI=1S/C15H20N2O/c1-4-11-9-15(16-5-2)13-10-12(18-6-3)7-8-14(13)17-11/h7-10H,4-6H2,1-3H3,(H,16,17). The smallest absolute Gasteiger partial charge is 0.120 e. The normalized spacial score (nSPS) is 10.6. The van der Waals surface area contributed by atoms with Crippen molar-refractivity contribution in [3.05, 3.63) is 30.0 Å². The van der Waals surface area contributed by atoms with Gasteiger partial charge in [0.2, 0.25) is 0 Å². The van der Waals surface area contributed by atoms with Crippen LogP contribution in [0.25, 0.3) is 10.9 Å². The van der Waals surface area contributed by atoms with Crippen LogP contribution in [-0.2, 0) is 6.42 Å². The van der Waals surface area contributed by atoms with Gasteiger partial charge in [0, 0.05) is 23.3 Å². The molecule has 2 aromatic rings. The van der Waals surface area contributed by atoms with Crippen LogP contribution in [0.1, 0.15) is 26.5 Å². The molecular weight excluding hydrogens is 224 g/mol. The number of rotatable bonds is 5. The molecular formula is C15H20N2O. The van der Waals surface area contributed by atoms with Crippen LogP contribution in [0.5, 0.6) is 5.75 Å². The van der Waals surface area contributed by atoms with E-state index in [0.717, 1.165) is 41.0 Å². The lowest BCUT2D eigenvalue weighted by atomic mass is 10.1. The minimum Gasteiger partial charge on any atom is -0.494 e. The molecule has 0 aliphatic rings. The van der Waals surface area contributed by atoms with Crippen LogP contribution in [0.4, 0.5) is 5.69 Å². The Labute approximate surface area is 108 Å². The molecule has 1 aromatic carbocycles. The Morgan fingerprint density at radius 2 is 2.00 bits per heavy atom. The molecule has 18 heavy (non-hydrogen) atoms. The summed E-state index contributed by atoms with van der Waals surface area (Å²) in [6.07, 6.45) is 0.946. The number of nitrogens with zero attached hydrogens (tertiary/aromatic N) is 1. The Morgan fingerprint density at radius 1 is 1.17 bits per heavy atom. The van der Waals surface area contributed by atoms with Crippen LogP contribution in [-0.4, -0.2) is 18.1 Å². The zero-order valence-electron chi connectivity index (χ0n) is 11.3. The lowest BCUT2D eigenvalue weighted by Crippen LogP contribution is -2.01. The lowest BCUT2D eigenvalue weighted by Gasteiger charge is -2.11. The number of aryl methyl sites for hydroxylation is 1. The van der Waals surface area contributed by atoms with Crippen molar-refractivity contribution in [1.82, 2.24) is 4.98 Å². The van der Waals surface area contributed by atoms with Crippen LogP contribution in [0.2, 0.25) is 0 Å². The highest BCUT2D eigenvalue weighted by atomic mass is 16.5. The Morgan fingerprint density at radius 3 is 2.67 bits per heavy atom. The molecule has 0 atom stereocenters. The third-order valence-electron chi connectivity index (χ3n) is 2.87. The molecule has 0 fully saturated rings. The molecule has 96 valence electrons. The van der Waals surface area contributed by atoms with E-state index in [9.17, 15) is 0 Å². The second-order valence-electron chi connectivity index (χ2n) is 4.16. The first-order chi connectivity index (χ1) is 8.78. The van der Waals surface area contributed by atoms with Crippen molar-refractivity contribution in [2.75, 3.05) is 18.5 Å². The Kier molecular flexibility index (Phi) is 4.03. The molecule has 0 unspecified atom stereocenters. The predicted octanol–water partition coefficient (Wildman–Crippen LogP) is 3.63. The molecule has 2 rings (SSSR count). The first-order valence-electron chi connectivity index (χ1n) is 6.58. The summed E-state index contributed by atoms with van der Waals surface area (Å²) in [6.45, 7) is 7.81. The van der Waals surface area contributed by atoms with E-state index < -0.39 is 0 Å². The molecule has 1 N–H and O–H groups in total. The topological polar surface area (TPSA) is 34.2 Å². The average Bonchev–Trinajstić information content (AvgIpc) is 2.39. The minimum absolute atomic E-state index is 0.683. The summed E-state index contributed by atoms with van der Waals surface area (Å²) in [5.74, 6) is 0.898. The average molecular weight is 244 g/mol. The third kappa shape index (κ3) is 2.55. The number of pyridine rings is 1. The van der Waals surface area contributed by atoms with E-state index in [1.54, 1.807) is 0 Å². The Bertz CT molecular complexity index is 537. The number of aromatic nitrogens is 1. The quantitative estimate of drug-likeness (QED) is 0.872.